The van der Waals surface area contributed by atoms with Gasteiger partial charge in [0.1, 0.15) is 10.6 Å². The number of amides is 1. The molecule has 2 aromatic heterocycles. The average molecular weight is 353 g/mol. The highest BCUT2D eigenvalue weighted by Crippen LogP contribution is 2.35. The Labute approximate surface area is 143 Å². The van der Waals surface area contributed by atoms with E-state index in [2.05, 4.69) is 25.4 Å². The second-order valence-corrected chi connectivity index (χ2v) is 6.01. The third kappa shape index (κ3) is 2.99. The van der Waals surface area contributed by atoms with Crippen molar-refractivity contribution in [2.24, 2.45) is 0 Å². The first kappa shape index (κ1) is 16.4. The molecule has 1 aliphatic rings. The van der Waals surface area contributed by atoms with Crippen LogP contribution in [0.2, 0.25) is 5.02 Å². The zero-order valence-electron chi connectivity index (χ0n) is 13.5. The van der Waals surface area contributed by atoms with Crippen molar-refractivity contribution >= 4 is 23.3 Å². The molecular formula is C14H17ClN6O3. The fraction of sp³-hybridized carbons (Fsp3) is 0.500. The van der Waals surface area contributed by atoms with Gasteiger partial charge >= 0.3 is 6.01 Å². The van der Waals surface area contributed by atoms with Crippen molar-refractivity contribution in [3.63, 3.8) is 0 Å². The zero-order chi connectivity index (χ0) is 17.3. The minimum atomic E-state index is -0.759. The van der Waals surface area contributed by atoms with Crippen LogP contribution in [-0.2, 0) is 10.3 Å². The van der Waals surface area contributed by atoms with Crippen LogP contribution < -0.4 is 15.0 Å². The average Bonchev–Trinajstić information content (AvgIpc) is 3.15. The van der Waals surface area contributed by atoms with Crippen molar-refractivity contribution < 1.29 is 14.1 Å². The predicted octanol–water partition coefficient (Wildman–Crippen LogP) is 1.07. The molecule has 0 radical (unpaired) electrons. The number of hydrogen-bond donors (Lipinski definition) is 1. The van der Waals surface area contributed by atoms with Crippen LogP contribution in [0.4, 0.5) is 5.82 Å². The summed E-state index contributed by atoms with van der Waals surface area (Å²) in [5.74, 6) is 1.24. The molecular weight excluding hydrogens is 336 g/mol. The lowest BCUT2D eigenvalue weighted by atomic mass is 9.97. The maximum atomic E-state index is 11.7. The Kier molecular flexibility index (Phi) is 4.27. The number of rotatable bonds is 4. The van der Waals surface area contributed by atoms with E-state index >= 15 is 0 Å². The molecule has 1 atom stereocenters. The first-order chi connectivity index (χ1) is 11.4. The molecule has 1 aliphatic heterocycles. The van der Waals surface area contributed by atoms with Gasteiger partial charge in [-0.15, -0.1) is 0 Å². The van der Waals surface area contributed by atoms with E-state index in [1.165, 1.54) is 20.2 Å². The highest BCUT2D eigenvalue weighted by molar-refractivity contribution is 6.32. The molecule has 128 valence electrons. The smallest absolute Gasteiger partial charge is 0.318 e. The lowest BCUT2D eigenvalue weighted by molar-refractivity contribution is -0.120. The molecule has 9 nitrogen and oxygen atoms in total. The first-order valence-electron chi connectivity index (χ1n) is 7.34. The van der Waals surface area contributed by atoms with Gasteiger partial charge in [0.25, 0.3) is 0 Å². The number of hydrogen-bond acceptors (Lipinski definition) is 8. The summed E-state index contributed by atoms with van der Waals surface area (Å²) in [6, 6.07) is 0.224. The quantitative estimate of drug-likeness (QED) is 0.870. The Morgan fingerprint density at radius 3 is 2.92 bits per heavy atom. The van der Waals surface area contributed by atoms with Gasteiger partial charge in [-0.2, -0.15) is 9.97 Å². The number of ether oxygens (including phenoxy) is 1. The number of nitrogens with one attached hydrogen (secondary N) is 1. The van der Waals surface area contributed by atoms with Gasteiger partial charge < -0.3 is 19.5 Å². The van der Waals surface area contributed by atoms with E-state index < -0.39 is 5.54 Å². The molecule has 0 spiro atoms. The van der Waals surface area contributed by atoms with Gasteiger partial charge in [-0.25, -0.2) is 4.98 Å². The summed E-state index contributed by atoms with van der Waals surface area (Å²) in [6.45, 7) is 4.17. The molecule has 3 heterocycles. The molecule has 3 rings (SSSR count). The standard InChI is InChI=1S/C14H17ClN6O3/c1-8(22)19-14(12-17-9(2)24-20-12)4-5-21(7-14)11-10(15)6-16-13(18-11)23-3/h6H,4-5,7H2,1-3H3,(H,19,22)/t14-/m1/s1. The minimum absolute atomic E-state index is 0.175. The highest BCUT2D eigenvalue weighted by atomic mass is 35.5. The van der Waals surface area contributed by atoms with E-state index in [0.717, 1.165) is 0 Å². The van der Waals surface area contributed by atoms with E-state index in [4.69, 9.17) is 20.9 Å². The summed E-state index contributed by atoms with van der Waals surface area (Å²) in [5, 5.41) is 7.34. The maximum Gasteiger partial charge on any atom is 0.318 e. The molecule has 1 N–H and O–H groups in total. The van der Waals surface area contributed by atoms with Crippen molar-refractivity contribution in [3.05, 3.63) is 22.9 Å². The minimum Gasteiger partial charge on any atom is -0.467 e. The molecule has 24 heavy (non-hydrogen) atoms. The van der Waals surface area contributed by atoms with Gasteiger partial charge in [-0.1, -0.05) is 16.8 Å². The van der Waals surface area contributed by atoms with Gasteiger partial charge in [0, 0.05) is 20.4 Å². The molecule has 0 aliphatic carbocycles. The molecule has 1 fully saturated rings. The van der Waals surface area contributed by atoms with Crippen LogP contribution in [0.25, 0.3) is 0 Å². The number of halogens is 1. The van der Waals surface area contributed by atoms with Crippen molar-refractivity contribution in [3.8, 4) is 6.01 Å². The van der Waals surface area contributed by atoms with Crippen LogP contribution in [0.1, 0.15) is 25.1 Å². The normalized spacial score (nSPS) is 20.2. The maximum absolute atomic E-state index is 11.7. The van der Waals surface area contributed by atoms with E-state index in [1.807, 2.05) is 4.90 Å². The first-order valence-corrected chi connectivity index (χ1v) is 7.72. The Balaban J connectivity index is 1.94. The van der Waals surface area contributed by atoms with E-state index in [0.29, 0.717) is 42.1 Å². The fourth-order valence-electron chi connectivity index (χ4n) is 2.82. The van der Waals surface area contributed by atoms with Crippen molar-refractivity contribution in [2.45, 2.75) is 25.8 Å². The largest absolute Gasteiger partial charge is 0.467 e. The summed E-state index contributed by atoms with van der Waals surface area (Å²) in [5.41, 5.74) is -0.759. The van der Waals surface area contributed by atoms with E-state index in [-0.39, 0.29) is 11.9 Å². The van der Waals surface area contributed by atoms with Crippen LogP contribution in [0.5, 0.6) is 6.01 Å². The van der Waals surface area contributed by atoms with Crippen molar-refractivity contribution in [2.75, 3.05) is 25.1 Å². The van der Waals surface area contributed by atoms with Gasteiger partial charge in [0.15, 0.2) is 11.6 Å². The molecule has 0 aromatic carbocycles. The third-order valence-corrected chi connectivity index (χ3v) is 4.09. The van der Waals surface area contributed by atoms with Crippen LogP contribution >= 0.6 is 11.6 Å². The topological polar surface area (TPSA) is 106 Å². The monoisotopic (exact) mass is 352 g/mol. The molecule has 10 heteroatoms. The van der Waals surface area contributed by atoms with Crippen molar-refractivity contribution in [1.29, 1.82) is 0 Å². The van der Waals surface area contributed by atoms with Crippen LogP contribution in [-0.4, -0.2) is 46.2 Å². The number of nitrogens with zero attached hydrogens (tertiary/aromatic N) is 5. The summed E-state index contributed by atoms with van der Waals surface area (Å²) in [7, 11) is 1.49. The second kappa shape index (κ2) is 6.23. The van der Waals surface area contributed by atoms with Crippen LogP contribution in [0, 0.1) is 6.92 Å². The van der Waals surface area contributed by atoms with Gasteiger partial charge in [-0.3, -0.25) is 4.79 Å². The molecule has 1 saturated heterocycles. The molecule has 0 bridgehead atoms. The number of aromatic nitrogens is 4. The molecule has 0 saturated carbocycles. The van der Waals surface area contributed by atoms with Gasteiger partial charge in [-0.05, 0) is 6.42 Å². The van der Waals surface area contributed by atoms with Gasteiger partial charge in [0.05, 0.1) is 19.9 Å². The van der Waals surface area contributed by atoms with Crippen LogP contribution in [0.3, 0.4) is 0 Å². The predicted molar refractivity (Wildman–Crippen MR) is 85.0 cm³/mol. The lowest BCUT2D eigenvalue weighted by Crippen LogP contribution is -2.48. The summed E-state index contributed by atoms with van der Waals surface area (Å²) in [6.07, 6.45) is 2.08. The number of carbonyl (C=O) groups excluding carboxylic acids is 1. The number of anilines is 1. The third-order valence-electron chi connectivity index (χ3n) is 3.83. The summed E-state index contributed by atoms with van der Waals surface area (Å²) < 4.78 is 10.1. The SMILES string of the molecule is COc1ncc(Cl)c(N2CC[C@](NC(C)=O)(c3noc(C)n3)C2)n1. The Morgan fingerprint density at radius 1 is 1.50 bits per heavy atom. The van der Waals surface area contributed by atoms with E-state index in [1.54, 1.807) is 6.92 Å². The Morgan fingerprint density at radius 2 is 2.29 bits per heavy atom. The fourth-order valence-corrected chi connectivity index (χ4v) is 3.03. The molecule has 0 unspecified atom stereocenters. The summed E-state index contributed by atoms with van der Waals surface area (Å²) >= 11 is 6.22. The molecule has 2 aromatic rings. The zero-order valence-corrected chi connectivity index (χ0v) is 14.3. The van der Waals surface area contributed by atoms with E-state index in [9.17, 15) is 4.79 Å². The van der Waals surface area contributed by atoms with Gasteiger partial charge in [0.2, 0.25) is 11.8 Å². The number of carbonyl (C=O) groups is 1. The number of aryl methyl sites for hydroxylation is 1. The lowest BCUT2D eigenvalue weighted by Gasteiger charge is -2.27. The Bertz CT molecular complexity index is 767. The Hall–Kier alpha value is -2.42. The second-order valence-electron chi connectivity index (χ2n) is 5.60. The number of methoxy groups -OCH3 is 1. The van der Waals surface area contributed by atoms with Crippen LogP contribution in [0.15, 0.2) is 10.7 Å². The summed E-state index contributed by atoms with van der Waals surface area (Å²) in [4.78, 5) is 26.2. The highest BCUT2D eigenvalue weighted by Gasteiger charge is 2.45. The molecule has 1 amide bonds. The van der Waals surface area contributed by atoms with Crippen molar-refractivity contribution in [1.82, 2.24) is 25.4 Å².